The fourth-order valence-corrected chi connectivity index (χ4v) is 5.44. The number of ether oxygens (including phenoxy) is 1. The number of aliphatic hydroxyl groups excluding tert-OH is 2. The third-order valence-electron chi connectivity index (χ3n) is 8.23. The standard InChI is InChI=1S/C31H45N7O9/c1-17(2)25(40)24(36-23(39)16-47-4)30(45)38-22(11-8-13-33-38)28(43)35-21(15-19-9-6-5-7-10-19)26(41)18(3)27(42)34-20-12-14-37(29(20)44)31(32)46/h5-7,9-10,13,17-18,20-22,24-26,40-41H,8,11-12,14-16H2,1-4H3,(H2,32,46)(H,34,42)(H,35,43)(H,36,39). The first-order valence-corrected chi connectivity index (χ1v) is 15.5. The van der Waals surface area contributed by atoms with Crippen LogP contribution in [0.4, 0.5) is 4.79 Å². The van der Waals surface area contributed by atoms with Gasteiger partial charge in [-0.3, -0.25) is 28.9 Å². The number of aliphatic hydroxyl groups is 2. The predicted molar refractivity (Wildman–Crippen MR) is 168 cm³/mol. The zero-order valence-electron chi connectivity index (χ0n) is 27.0. The molecule has 16 heteroatoms. The lowest BCUT2D eigenvalue weighted by Gasteiger charge is -2.36. The zero-order valence-corrected chi connectivity index (χ0v) is 27.0. The Morgan fingerprint density at radius 2 is 1.72 bits per heavy atom. The topological polar surface area (TPSA) is 233 Å². The lowest BCUT2D eigenvalue weighted by molar-refractivity contribution is -0.148. The van der Waals surface area contributed by atoms with E-state index in [4.69, 9.17) is 10.5 Å². The minimum Gasteiger partial charge on any atom is -0.390 e. The van der Waals surface area contributed by atoms with Gasteiger partial charge >= 0.3 is 6.03 Å². The van der Waals surface area contributed by atoms with Crippen LogP contribution in [0.15, 0.2) is 35.4 Å². The Balaban J connectivity index is 1.82. The summed E-state index contributed by atoms with van der Waals surface area (Å²) in [7, 11) is 1.31. The van der Waals surface area contributed by atoms with Crippen molar-refractivity contribution in [2.45, 2.75) is 82.8 Å². The van der Waals surface area contributed by atoms with Crippen molar-refractivity contribution in [1.29, 1.82) is 0 Å². The fourth-order valence-electron chi connectivity index (χ4n) is 5.44. The SMILES string of the molecule is COCC(=O)NC(C(=O)N1N=CCCC1C(=O)NC(Cc1ccccc1)C(O)C(C)C(=O)NC1CCN(C(N)=O)C1=O)C(O)C(C)C. The average molecular weight is 660 g/mol. The Morgan fingerprint density at radius 1 is 1.04 bits per heavy atom. The van der Waals surface area contributed by atoms with Crippen LogP contribution in [0.25, 0.3) is 0 Å². The lowest BCUT2D eigenvalue weighted by Crippen LogP contribution is -2.61. The van der Waals surface area contributed by atoms with Crippen LogP contribution in [-0.4, -0.2) is 119 Å². The number of carbonyl (C=O) groups excluding carboxylic acids is 6. The Bertz CT molecular complexity index is 1330. The molecule has 0 spiro atoms. The van der Waals surface area contributed by atoms with Crippen LogP contribution in [0, 0.1) is 11.8 Å². The largest absolute Gasteiger partial charge is 0.390 e. The lowest BCUT2D eigenvalue weighted by atomic mass is 9.91. The van der Waals surface area contributed by atoms with Gasteiger partial charge in [-0.05, 0) is 37.2 Å². The van der Waals surface area contributed by atoms with Gasteiger partial charge < -0.3 is 36.6 Å². The molecule has 2 aliphatic heterocycles. The van der Waals surface area contributed by atoms with Crippen molar-refractivity contribution in [2.24, 2.45) is 22.7 Å². The molecular weight excluding hydrogens is 614 g/mol. The molecule has 1 aromatic carbocycles. The molecule has 1 fully saturated rings. The van der Waals surface area contributed by atoms with E-state index in [0.717, 1.165) is 15.5 Å². The Morgan fingerprint density at radius 3 is 2.32 bits per heavy atom. The summed E-state index contributed by atoms with van der Waals surface area (Å²) in [6.07, 6.45) is -0.551. The van der Waals surface area contributed by atoms with E-state index in [1.54, 1.807) is 44.2 Å². The van der Waals surface area contributed by atoms with Gasteiger partial charge in [-0.1, -0.05) is 51.1 Å². The highest BCUT2D eigenvalue weighted by atomic mass is 16.5. The molecule has 47 heavy (non-hydrogen) atoms. The van der Waals surface area contributed by atoms with Crippen LogP contribution in [0.3, 0.4) is 0 Å². The molecule has 3 rings (SSSR count). The van der Waals surface area contributed by atoms with Crippen molar-refractivity contribution in [3.8, 4) is 0 Å². The normalized spacial score (nSPS) is 21.0. The molecule has 258 valence electrons. The molecule has 0 bridgehead atoms. The van der Waals surface area contributed by atoms with Crippen LogP contribution in [0.2, 0.25) is 0 Å². The Hall–Kier alpha value is -4.41. The van der Waals surface area contributed by atoms with Crippen molar-refractivity contribution in [2.75, 3.05) is 20.3 Å². The maximum absolute atomic E-state index is 13.8. The zero-order chi connectivity index (χ0) is 34.8. The van der Waals surface area contributed by atoms with E-state index in [0.29, 0.717) is 6.42 Å². The smallest absolute Gasteiger partial charge is 0.321 e. The number of hydrazone groups is 1. The number of urea groups is 1. The minimum atomic E-state index is -1.46. The molecule has 0 radical (unpaired) electrons. The van der Waals surface area contributed by atoms with Crippen molar-refractivity contribution >= 4 is 41.8 Å². The second-order valence-corrected chi connectivity index (χ2v) is 12.0. The summed E-state index contributed by atoms with van der Waals surface area (Å²) < 4.78 is 4.83. The number of amides is 7. The number of likely N-dealkylation sites (tertiary alicyclic amines) is 1. The van der Waals surface area contributed by atoms with E-state index in [9.17, 15) is 39.0 Å². The summed E-state index contributed by atoms with van der Waals surface area (Å²) in [6.45, 7) is 4.47. The highest BCUT2D eigenvalue weighted by Gasteiger charge is 2.42. The highest BCUT2D eigenvalue weighted by Crippen LogP contribution is 2.20. The maximum atomic E-state index is 13.8. The van der Waals surface area contributed by atoms with Gasteiger partial charge in [-0.2, -0.15) is 5.10 Å². The van der Waals surface area contributed by atoms with E-state index < -0.39 is 83.8 Å². The molecule has 0 saturated carbocycles. The van der Waals surface area contributed by atoms with Gasteiger partial charge in [-0.25, -0.2) is 9.80 Å². The molecular formula is C31H45N7O9. The number of primary amides is 1. The molecule has 7 unspecified atom stereocenters. The first kappa shape index (κ1) is 37.1. The Kier molecular flexibility index (Phi) is 13.4. The number of hydrogen-bond acceptors (Lipinski definition) is 10. The molecule has 1 aromatic rings. The quantitative estimate of drug-likeness (QED) is 0.138. The summed E-state index contributed by atoms with van der Waals surface area (Å²) in [5.74, 6) is -5.02. The van der Waals surface area contributed by atoms with Crippen molar-refractivity contribution in [3.63, 3.8) is 0 Å². The van der Waals surface area contributed by atoms with E-state index in [-0.39, 0.29) is 32.4 Å². The first-order chi connectivity index (χ1) is 22.3. The summed E-state index contributed by atoms with van der Waals surface area (Å²) in [5, 5.41) is 35.1. The average Bonchev–Trinajstić information content (AvgIpc) is 3.41. The molecule has 7 N–H and O–H groups in total. The van der Waals surface area contributed by atoms with Gasteiger partial charge in [0.15, 0.2) is 0 Å². The van der Waals surface area contributed by atoms with E-state index in [1.807, 2.05) is 0 Å². The van der Waals surface area contributed by atoms with Crippen LogP contribution >= 0.6 is 0 Å². The minimum absolute atomic E-state index is 0.0486. The number of imide groups is 1. The first-order valence-electron chi connectivity index (χ1n) is 15.5. The second kappa shape index (κ2) is 16.9. The monoisotopic (exact) mass is 659 g/mol. The maximum Gasteiger partial charge on any atom is 0.321 e. The number of benzene rings is 1. The molecule has 7 amide bonds. The molecule has 7 atom stereocenters. The summed E-state index contributed by atoms with van der Waals surface area (Å²) in [5.41, 5.74) is 5.96. The number of nitrogens with one attached hydrogen (secondary N) is 3. The summed E-state index contributed by atoms with van der Waals surface area (Å²) in [4.78, 5) is 77.8. The van der Waals surface area contributed by atoms with Gasteiger partial charge in [-0.15, -0.1) is 0 Å². The molecule has 0 aliphatic carbocycles. The van der Waals surface area contributed by atoms with Crippen LogP contribution in [0.1, 0.15) is 45.6 Å². The van der Waals surface area contributed by atoms with Gasteiger partial charge in [0, 0.05) is 19.9 Å². The molecule has 1 saturated heterocycles. The third-order valence-corrected chi connectivity index (χ3v) is 8.23. The molecule has 16 nitrogen and oxygen atoms in total. The second-order valence-electron chi connectivity index (χ2n) is 12.0. The van der Waals surface area contributed by atoms with Crippen molar-refractivity contribution in [3.05, 3.63) is 35.9 Å². The fraction of sp³-hybridized carbons (Fsp3) is 0.581. The van der Waals surface area contributed by atoms with E-state index in [1.165, 1.54) is 20.2 Å². The summed E-state index contributed by atoms with van der Waals surface area (Å²) >= 11 is 0. The number of hydrogen-bond donors (Lipinski definition) is 6. The van der Waals surface area contributed by atoms with Crippen LogP contribution in [0.5, 0.6) is 0 Å². The summed E-state index contributed by atoms with van der Waals surface area (Å²) in [6, 6.07) is 3.38. The van der Waals surface area contributed by atoms with E-state index in [2.05, 4.69) is 21.1 Å². The van der Waals surface area contributed by atoms with Crippen molar-refractivity contribution in [1.82, 2.24) is 25.9 Å². The molecule has 2 heterocycles. The van der Waals surface area contributed by atoms with Gasteiger partial charge in [0.1, 0.15) is 24.7 Å². The Labute approximate surface area is 273 Å². The van der Waals surface area contributed by atoms with Crippen LogP contribution < -0.4 is 21.7 Å². The van der Waals surface area contributed by atoms with E-state index >= 15 is 0 Å². The molecule has 2 aliphatic rings. The predicted octanol–water partition coefficient (Wildman–Crippen LogP) is -1.37. The van der Waals surface area contributed by atoms with Gasteiger partial charge in [0.05, 0.1) is 24.2 Å². The number of carbonyl (C=O) groups is 6. The van der Waals surface area contributed by atoms with Gasteiger partial charge in [0.25, 0.3) is 11.8 Å². The number of methoxy groups -OCH3 is 1. The number of rotatable bonds is 14. The van der Waals surface area contributed by atoms with Crippen LogP contribution in [-0.2, 0) is 35.1 Å². The van der Waals surface area contributed by atoms with Crippen molar-refractivity contribution < 1.29 is 43.7 Å². The number of nitrogens with zero attached hydrogens (tertiary/aromatic N) is 3. The molecule has 0 aromatic heterocycles. The number of nitrogens with two attached hydrogens (primary N) is 1. The highest BCUT2D eigenvalue weighted by molar-refractivity contribution is 6.00. The van der Waals surface area contributed by atoms with Gasteiger partial charge in [0.2, 0.25) is 17.7 Å². The third kappa shape index (κ3) is 9.56.